The van der Waals surface area contributed by atoms with Gasteiger partial charge in [0.2, 0.25) is 0 Å². The van der Waals surface area contributed by atoms with Crippen molar-refractivity contribution in [3.63, 3.8) is 0 Å². The molecular formula is C15H16N6O2. The van der Waals surface area contributed by atoms with Gasteiger partial charge in [-0.25, -0.2) is 14.4 Å². The Bertz CT molecular complexity index is 908. The van der Waals surface area contributed by atoms with Crippen LogP contribution >= 0.6 is 0 Å². The maximum atomic E-state index is 12.7. The van der Waals surface area contributed by atoms with Crippen LogP contribution in [-0.4, -0.2) is 48.7 Å². The molecule has 0 aromatic carbocycles. The Balaban J connectivity index is 1.56. The highest BCUT2D eigenvalue weighted by Gasteiger charge is 2.27. The molecule has 2 N–H and O–H groups in total. The van der Waals surface area contributed by atoms with E-state index in [1.54, 1.807) is 16.9 Å². The molecule has 1 unspecified atom stereocenters. The number of nitrogens with zero attached hydrogens (tertiary/aromatic N) is 4. The smallest absolute Gasteiger partial charge is 0.338 e. The Kier molecular flexibility index (Phi) is 3.22. The molecule has 3 aromatic heterocycles. The topological polar surface area (TPSA) is 99.2 Å². The molecule has 1 saturated heterocycles. The zero-order valence-electron chi connectivity index (χ0n) is 12.4. The first-order valence-corrected chi connectivity index (χ1v) is 7.58. The second-order valence-electron chi connectivity index (χ2n) is 5.77. The van der Waals surface area contributed by atoms with Crippen LogP contribution < -0.4 is 5.69 Å². The highest BCUT2D eigenvalue weighted by atomic mass is 16.2. The fourth-order valence-corrected chi connectivity index (χ4v) is 3.08. The summed E-state index contributed by atoms with van der Waals surface area (Å²) in [4.78, 5) is 28.4. The number of pyridine rings is 1. The van der Waals surface area contributed by atoms with Crippen molar-refractivity contribution in [1.82, 2.24) is 29.7 Å². The molecule has 23 heavy (non-hydrogen) atoms. The predicted octanol–water partition coefficient (Wildman–Crippen LogP) is 0.765. The summed E-state index contributed by atoms with van der Waals surface area (Å²) in [6, 6.07) is 5.59. The molecule has 8 heteroatoms. The normalized spacial score (nSPS) is 18.4. The third-order valence-corrected chi connectivity index (χ3v) is 4.26. The molecule has 0 saturated carbocycles. The second-order valence-corrected chi connectivity index (χ2v) is 5.77. The van der Waals surface area contributed by atoms with Crippen molar-refractivity contribution in [2.75, 3.05) is 13.1 Å². The van der Waals surface area contributed by atoms with Crippen molar-refractivity contribution >= 4 is 11.4 Å². The molecule has 4 heterocycles. The van der Waals surface area contributed by atoms with E-state index in [2.05, 4.69) is 20.3 Å². The van der Waals surface area contributed by atoms with Gasteiger partial charge in [-0.05, 0) is 31.0 Å². The van der Waals surface area contributed by atoms with E-state index in [0.29, 0.717) is 24.5 Å². The number of nitrogens with one attached hydrogen (secondary N) is 2. The number of hydrogen-bond donors (Lipinski definition) is 2. The van der Waals surface area contributed by atoms with Gasteiger partial charge in [0.25, 0.3) is 5.91 Å². The maximum absolute atomic E-state index is 12.7. The Morgan fingerprint density at radius 2 is 2.22 bits per heavy atom. The minimum Gasteiger partial charge on any atom is -0.338 e. The number of piperidine rings is 1. The lowest BCUT2D eigenvalue weighted by Crippen LogP contribution is -2.39. The van der Waals surface area contributed by atoms with Gasteiger partial charge in [0.15, 0.2) is 0 Å². The van der Waals surface area contributed by atoms with E-state index in [1.807, 2.05) is 23.1 Å². The second kappa shape index (κ2) is 5.38. The van der Waals surface area contributed by atoms with Crippen LogP contribution in [0.3, 0.4) is 0 Å². The monoisotopic (exact) mass is 312 g/mol. The van der Waals surface area contributed by atoms with Crippen molar-refractivity contribution in [2.24, 2.45) is 0 Å². The Hall–Kier alpha value is -2.90. The van der Waals surface area contributed by atoms with Crippen LogP contribution in [0.2, 0.25) is 0 Å². The molecule has 1 atom stereocenters. The van der Waals surface area contributed by atoms with Crippen molar-refractivity contribution in [3.05, 3.63) is 52.5 Å². The van der Waals surface area contributed by atoms with E-state index in [-0.39, 0.29) is 17.5 Å². The van der Waals surface area contributed by atoms with Gasteiger partial charge in [0, 0.05) is 31.4 Å². The quantitative estimate of drug-likeness (QED) is 0.730. The standard InChI is InChI=1S/C15H16N6O2/c22-14(11-3-4-12-5-6-16-21(12)9-11)20-7-1-2-10(8-20)13-17-15(23)19-18-13/h3-6,9-10H,1-2,7-8H2,(H2,17,18,19,23). The summed E-state index contributed by atoms with van der Waals surface area (Å²) < 4.78 is 1.69. The first-order valence-electron chi connectivity index (χ1n) is 7.58. The average molecular weight is 312 g/mol. The highest BCUT2D eigenvalue weighted by molar-refractivity contribution is 5.94. The van der Waals surface area contributed by atoms with Crippen molar-refractivity contribution in [2.45, 2.75) is 18.8 Å². The van der Waals surface area contributed by atoms with Crippen molar-refractivity contribution in [3.8, 4) is 0 Å². The number of fused-ring (bicyclic) bond motifs is 1. The van der Waals surface area contributed by atoms with Crippen LogP contribution in [0.25, 0.3) is 5.52 Å². The SMILES string of the molecule is O=C(c1ccc2ccnn2c1)N1CCCC(c2n[nH]c(=O)[nH]2)C1. The Morgan fingerprint density at radius 1 is 1.30 bits per heavy atom. The predicted molar refractivity (Wildman–Crippen MR) is 82.3 cm³/mol. The van der Waals surface area contributed by atoms with Gasteiger partial charge in [-0.15, -0.1) is 0 Å². The lowest BCUT2D eigenvalue weighted by atomic mass is 9.97. The molecule has 0 bridgehead atoms. The fourth-order valence-electron chi connectivity index (χ4n) is 3.08. The van der Waals surface area contributed by atoms with Crippen LogP contribution in [0.15, 0.2) is 35.4 Å². The van der Waals surface area contributed by atoms with Gasteiger partial charge < -0.3 is 4.90 Å². The van der Waals surface area contributed by atoms with Gasteiger partial charge >= 0.3 is 5.69 Å². The number of carbonyl (C=O) groups is 1. The summed E-state index contributed by atoms with van der Waals surface area (Å²) >= 11 is 0. The number of aromatic nitrogens is 5. The van der Waals surface area contributed by atoms with Gasteiger partial charge in [-0.1, -0.05) is 0 Å². The molecule has 0 spiro atoms. The average Bonchev–Trinajstić information content (AvgIpc) is 3.22. The molecule has 4 rings (SSSR count). The summed E-state index contributed by atoms with van der Waals surface area (Å²) in [6.45, 7) is 1.26. The van der Waals surface area contributed by atoms with Crippen LogP contribution in [-0.2, 0) is 0 Å². The summed E-state index contributed by atoms with van der Waals surface area (Å²) in [5.74, 6) is 0.653. The molecule has 8 nitrogen and oxygen atoms in total. The Labute approximate surface area is 131 Å². The maximum Gasteiger partial charge on any atom is 0.340 e. The van der Waals surface area contributed by atoms with E-state index >= 15 is 0 Å². The molecule has 1 amide bonds. The van der Waals surface area contributed by atoms with Crippen molar-refractivity contribution < 1.29 is 4.79 Å². The molecule has 0 radical (unpaired) electrons. The number of hydrogen-bond acceptors (Lipinski definition) is 4. The Morgan fingerprint density at radius 3 is 3.04 bits per heavy atom. The van der Waals surface area contributed by atoms with Crippen LogP contribution in [0.1, 0.15) is 34.9 Å². The summed E-state index contributed by atoms with van der Waals surface area (Å²) in [7, 11) is 0. The zero-order chi connectivity index (χ0) is 15.8. The summed E-state index contributed by atoms with van der Waals surface area (Å²) in [5, 5.41) is 10.5. The third-order valence-electron chi connectivity index (χ3n) is 4.26. The van der Waals surface area contributed by atoms with E-state index in [4.69, 9.17) is 0 Å². The largest absolute Gasteiger partial charge is 0.340 e. The molecule has 118 valence electrons. The molecule has 1 aliphatic rings. The van der Waals surface area contributed by atoms with E-state index in [1.165, 1.54) is 0 Å². The number of H-pyrrole nitrogens is 2. The first-order chi connectivity index (χ1) is 11.2. The van der Waals surface area contributed by atoms with Crippen molar-refractivity contribution in [1.29, 1.82) is 0 Å². The molecule has 3 aromatic rings. The van der Waals surface area contributed by atoms with E-state index < -0.39 is 0 Å². The number of likely N-dealkylation sites (tertiary alicyclic amines) is 1. The minimum atomic E-state index is -0.312. The summed E-state index contributed by atoms with van der Waals surface area (Å²) in [5.41, 5.74) is 1.25. The third kappa shape index (κ3) is 2.52. The van der Waals surface area contributed by atoms with E-state index in [0.717, 1.165) is 18.4 Å². The first kappa shape index (κ1) is 13.7. The van der Waals surface area contributed by atoms with Crippen LogP contribution in [0, 0.1) is 0 Å². The zero-order valence-corrected chi connectivity index (χ0v) is 12.4. The lowest BCUT2D eigenvalue weighted by Gasteiger charge is -2.31. The lowest BCUT2D eigenvalue weighted by molar-refractivity contribution is 0.0704. The molecular weight excluding hydrogens is 296 g/mol. The van der Waals surface area contributed by atoms with Gasteiger partial charge in [-0.3, -0.25) is 9.78 Å². The highest BCUT2D eigenvalue weighted by Crippen LogP contribution is 2.24. The number of aromatic amines is 2. The van der Waals surface area contributed by atoms with Crippen LogP contribution in [0.5, 0.6) is 0 Å². The molecule has 1 aliphatic heterocycles. The number of rotatable bonds is 2. The summed E-state index contributed by atoms with van der Waals surface area (Å²) in [6.07, 6.45) is 5.24. The minimum absolute atomic E-state index is 0.0232. The van der Waals surface area contributed by atoms with E-state index in [9.17, 15) is 9.59 Å². The number of amides is 1. The van der Waals surface area contributed by atoms with Gasteiger partial charge in [0.05, 0.1) is 11.1 Å². The van der Waals surface area contributed by atoms with Crippen LogP contribution in [0.4, 0.5) is 0 Å². The molecule has 0 aliphatic carbocycles. The van der Waals surface area contributed by atoms with Gasteiger partial charge in [0.1, 0.15) is 5.82 Å². The number of carbonyl (C=O) groups excluding carboxylic acids is 1. The molecule has 1 fully saturated rings. The fraction of sp³-hybridized carbons (Fsp3) is 0.333. The van der Waals surface area contributed by atoms with Gasteiger partial charge in [-0.2, -0.15) is 10.2 Å².